The molecule has 0 rings (SSSR count). The summed E-state index contributed by atoms with van der Waals surface area (Å²) in [5.41, 5.74) is 0. The lowest BCUT2D eigenvalue weighted by Gasteiger charge is -2.18. The van der Waals surface area contributed by atoms with E-state index in [0.717, 1.165) is 96.3 Å². The third kappa shape index (κ3) is 60.0. The molecule has 0 amide bonds. The molecule has 0 aromatic rings. The molecule has 1 atom stereocenters. The van der Waals surface area contributed by atoms with Gasteiger partial charge in [-0.15, -0.1) is 0 Å². The number of hydrogen-bond donors (Lipinski definition) is 0. The smallest absolute Gasteiger partial charge is 0.306 e. The number of rotatable bonds is 59. The molecule has 0 aliphatic carbocycles. The van der Waals surface area contributed by atoms with Gasteiger partial charge in [0.2, 0.25) is 0 Å². The third-order valence-corrected chi connectivity index (χ3v) is 14.3. The average Bonchev–Trinajstić information content (AvgIpc) is 3.40. The number of carbonyl (C=O) groups is 3. The summed E-state index contributed by atoms with van der Waals surface area (Å²) in [5.74, 6) is -0.867. The number of hydrogen-bond acceptors (Lipinski definition) is 6. The summed E-state index contributed by atoms with van der Waals surface area (Å²) < 4.78 is 16.9. The summed E-state index contributed by atoms with van der Waals surface area (Å²) in [4.78, 5) is 38.1. The highest BCUT2D eigenvalue weighted by Gasteiger charge is 2.19. The maximum Gasteiger partial charge on any atom is 0.306 e. The highest BCUT2D eigenvalue weighted by atomic mass is 16.6. The van der Waals surface area contributed by atoms with Crippen LogP contribution in [0.4, 0.5) is 0 Å². The molecule has 0 aliphatic heterocycles. The molecule has 0 aromatic carbocycles. The van der Waals surface area contributed by atoms with Gasteiger partial charge < -0.3 is 14.2 Å². The van der Waals surface area contributed by atoms with Crippen LogP contribution in [0.5, 0.6) is 0 Å². The molecule has 430 valence electrons. The molecule has 0 radical (unpaired) electrons. The lowest BCUT2D eigenvalue weighted by atomic mass is 10.0. The second kappa shape index (κ2) is 62.6. The van der Waals surface area contributed by atoms with Crippen molar-refractivity contribution in [2.75, 3.05) is 13.2 Å². The number of esters is 3. The highest BCUT2D eigenvalue weighted by molar-refractivity contribution is 5.71. The van der Waals surface area contributed by atoms with E-state index in [9.17, 15) is 14.4 Å². The van der Waals surface area contributed by atoms with Crippen molar-refractivity contribution in [1.82, 2.24) is 0 Å². The molecule has 0 fully saturated rings. The van der Waals surface area contributed by atoms with Gasteiger partial charge in [0.25, 0.3) is 0 Å². The Morgan fingerprint density at radius 1 is 0.284 bits per heavy atom. The van der Waals surface area contributed by atoms with Crippen molar-refractivity contribution in [3.8, 4) is 0 Å². The molecule has 0 saturated carbocycles. The Balaban J connectivity index is 4.11. The van der Waals surface area contributed by atoms with Crippen molar-refractivity contribution in [2.45, 2.75) is 341 Å². The van der Waals surface area contributed by atoms with Gasteiger partial charge in [0, 0.05) is 19.3 Å². The molecule has 0 aliphatic rings. The minimum absolute atomic E-state index is 0.0722. The molecule has 0 aromatic heterocycles. The molecule has 6 nitrogen and oxygen atoms in total. The Hall–Kier alpha value is -2.89. The quantitative estimate of drug-likeness (QED) is 0.0261. The molecule has 0 heterocycles. The van der Waals surface area contributed by atoms with Crippen molar-refractivity contribution >= 4 is 17.9 Å². The van der Waals surface area contributed by atoms with Crippen LogP contribution in [0.1, 0.15) is 335 Å². The van der Waals surface area contributed by atoms with Gasteiger partial charge in [0.1, 0.15) is 13.2 Å². The molecular weight excluding hydrogens is 913 g/mol. The zero-order chi connectivity index (χ0) is 53.6. The maximum absolute atomic E-state index is 12.9. The van der Waals surface area contributed by atoms with E-state index in [-0.39, 0.29) is 31.1 Å². The van der Waals surface area contributed by atoms with Crippen LogP contribution in [0.25, 0.3) is 0 Å². The van der Waals surface area contributed by atoms with E-state index in [1.165, 1.54) is 199 Å². The number of unbranched alkanes of at least 4 members (excludes halogenated alkanes) is 38. The summed E-state index contributed by atoms with van der Waals surface area (Å²) in [7, 11) is 0. The van der Waals surface area contributed by atoms with Crippen LogP contribution < -0.4 is 0 Å². The summed E-state index contributed by atoms with van der Waals surface area (Å²) in [6.45, 7) is 6.53. The van der Waals surface area contributed by atoms with E-state index >= 15 is 0 Å². The lowest BCUT2D eigenvalue weighted by Crippen LogP contribution is -2.30. The molecule has 1 unspecified atom stereocenters. The third-order valence-electron chi connectivity index (χ3n) is 14.3. The normalized spacial score (nSPS) is 12.4. The van der Waals surface area contributed by atoms with Gasteiger partial charge in [-0.1, -0.05) is 313 Å². The Morgan fingerprint density at radius 2 is 0.527 bits per heavy atom. The first-order valence-corrected chi connectivity index (χ1v) is 32.3. The molecule has 6 heteroatoms. The van der Waals surface area contributed by atoms with E-state index in [0.29, 0.717) is 19.3 Å². The van der Waals surface area contributed by atoms with Crippen LogP contribution in [0.2, 0.25) is 0 Å². The zero-order valence-corrected chi connectivity index (χ0v) is 49.4. The van der Waals surface area contributed by atoms with Gasteiger partial charge in [-0.2, -0.15) is 0 Å². The summed E-state index contributed by atoms with van der Waals surface area (Å²) >= 11 is 0. The highest BCUT2D eigenvalue weighted by Crippen LogP contribution is 2.18. The van der Waals surface area contributed by atoms with Crippen molar-refractivity contribution in [3.63, 3.8) is 0 Å². The molecular formula is C68H122O6. The Bertz CT molecular complexity index is 1330. The van der Waals surface area contributed by atoms with Crippen molar-refractivity contribution in [1.29, 1.82) is 0 Å². The number of carbonyl (C=O) groups excluding carboxylic acids is 3. The second-order valence-corrected chi connectivity index (χ2v) is 21.7. The summed E-state index contributed by atoms with van der Waals surface area (Å²) in [6.07, 6.45) is 79.7. The molecule has 0 bridgehead atoms. The first-order valence-electron chi connectivity index (χ1n) is 32.3. The predicted octanol–water partition coefficient (Wildman–Crippen LogP) is 21.9. The van der Waals surface area contributed by atoms with E-state index in [2.05, 4.69) is 81.5 Å². The lowest BCUT2D eigenvalue weighted by molar-refractivity contribution is -0.167. The van der Waals surface area contributed by atoms with Crippen LogP contribution in [0.3, 0.4) is 0 Å². The van der Waals surface area contributed by atoms with Crippen molar-refractivity contribution in [2.24, 2.45) is 0 Å². The van der Waals surface area contributed by atoms with Crippen molar-refractivity contribution in [3.05, 3.63) is 60.8 Å². The van der Waals surface area contributed by atoms with E-state index in [4.69, 9.17) is 14.2 Å². The molecule has 0 N–H and O–H groups in total. The Kier molecular flexibility index (Phi) is 60.2. The van der Waals surface area contributed by atoms with E-state index in [1.807, 2.05) is 0 Å². The second-order valence-electron chi connectivity index (χ2n) is 21.7. The minimum atomic E-state index is -0.772. The van der Waals surface area contributed by atoms with Gasteiger partial charge in [-0.25, -0.2) is 0 Å². The number of ether oxygens (including phenoxy) is 3. The molecule has 74 heavy (non-hydrogen) atoms. The van der Waals surface area contributed by atoms with Crippen LogP contribution in [0.15, 0.2) is 60.8 Å². The Labute approximate surface area is 460 Å². The molecule has 0 spiro atoms. The van der Waals surface area contributed by atoms with Gasteiger partial charge in [0.05, 0.1) is 0 Å². The van der Waals surface area contributed by atoms with Crippen LogP contribution in [-0.4, -0.2) is 37.2 Å². The largest absolute Gasteiger partial charge is 0.462 e. The fourth-order valence-corrected chi connectivity index (χ4v) is 9.47. The zero-order valence-electron chi connectivity index (χ0n) is 49.4. The number of allylic oxidation sites excluding steroid dienone is 10. The van der Waals surface area contributed by atoms with Gasteiger partial charge in [-0.05, 0) is 64.2 Å². The van der Waals surface area contributed by atoms with Crippen LogP contribution in [-0.2, 0) is 28.6 Å². The standard InChI is InChI=1S/C68H122O6/c1-4-7-10-13-16-18-20-22-24-26-28-30-32-34-36-37-39-41-43-45-47-49-52-55-58-61-67(70)73-64-65(63-72-66(69)60-57-54-51-15-12-9-6-3)74-68(71)62-59-56-53-50-48-46-44-42-40-38-35-33-31-29-27-25-23-21-19-17-14-11-8-5-2/h7,10,16,18,22,24,28,30,34,36,65H,4-6,8-9,11-15,17,19-21,23,25-27,29,31-33,35,37-64H2,1-3H3/b10-7-,18-16-,24-22-,30-28-,36-34-. The van der Waals surface area contributed by atoms with Crippen molar-refractivity contribution < 1.29 is 28.6 Å². The monoisotopic (exact) mass is 1030 g/mol. The van der Waals surface area contributed by atoms with Gasteiger partial charge in [0.15, 0.2) is 6.10 Å². The minimum Gasteiger partial charge on any atom is -0.462 e. The SMILES string of the molecule is CC/C=C\C/C=C\C/C=C\C/C=C\C/C=C\CCCCCCCCCCCC(=O)OCC(COC(=O)CCCCCCCCC)OC(=O)CCCCCCCCCCCCCCCCCCCCCCCCCC. The molecule has 0 saturated heterocycles. The predicted molar refractivity (Wildman–Crippen MR) is 321 cm³/mol. The van der Waals surface area contributed by atoms with Crippen LogP contribution in [0, 0.1) is 0 Å². The van der Waals surface area contributed by atoms with Gasteiger partial charge >= 0.3 is 17.9 Å². The summed E-state index contributed by atoms with van der Waals surface area (Å²) in [5, 5.41) is 0. The fourth-order valence-electron chi connectivity index (χ4n) is 9.47. The maximum atomic E-state index is 12.9. The first-order chi connectivity index (χ1) is 36.5. The first kappa shape index (κ1) is 71.1. The van der Waals surface area contributed by atoms with E-state index in [1.54, 1.807) is 0 Å². The van der Waals surface area contributed by atoms with Gasteiger partial charge in [-0.3, -0.25) is 14.4 Å². The average molecular weight is 1040 g/mol. The topological polar surface area (TPSA) is 78.9 Å². The van der Waals surface area contributed by atoms with Crippen LogP contribution >= 0.6 is 0 Å². The summed E-state index contributed by atoms with van der Waals surface area (Å²) in [6, 6.07) is 0. The Morgan fingerprint density at radius 3 is 0.824 bits per heavy atom. The fraction of sp³-hybridized carbons (Fsp3) is 0.809. The van der Waals surface area contributed by atoms with E-state index < -0.39 is 6.10 Å².